The van der Waals surface area contributed by atoms with Gasteiger partial charge in [0.05, 0.1) is 31.1 Å². The number of nitrogens with one attached hydrogen (secondary N) is 3. The fraction of sp³-hybridized carbons (Fsp3) is 0.0909. The van der Waals surface area contributed by atoms with Crippen LogP contribution in [-0.4, -0.2) is 38.3 Å². The Morgan fingerprint density at radius 3 is 2.57 bits per heavy atom. The molecule has 0 aliphatic rings. The third-order valence-electron chi connectivity index (χ3n) is 4.59. The Labute approximate surface area is 198 Å². The van der Waals surface area contributed by atoms with Crippen molar-refractivity contribution in [2.24, 2.45) is 5.10 Å². The number of aromatic nitrogens is 3. The van der Waals surface area contributed by atoms with Crippen molar-refractivity contribution in [3.8, 4) is 11.5 Å². The van der Waals surface area contributed by atoms with Crippen LogP contribution < -0.4 is 20.8 Å². The molecule has 0 radical (unpaired) electrons. The molecule has 0 bridgehead atoms. The van der Waals surface area contributed by atoms with E-state index in [9.17, 15) is 15.2 Å². The van der Waals surface area contributed by atoms with Crippen LogP contribution in [-0.2, 0) is 6.54 Å². The van der Waals surface area contributed by atoms with Crippen molar-refractivity contribution in [1.29, 1.82) is 0 Å². The first kappa shape index (κ1) is 23.0. The van der Waals surface area contributed by atoms with Crippen LogP contribution in [0.4, 0.5) is 29.2 Å². The van der Waals surface area contributed by atoms with Gasteiger partial charge < -0.3 is 24.9 Å². The maximum Gasteiger partial charge on any atom is 0.311 e. The second-order valence-electron chi connectivity index (χ2n) is 6.93. The zero-order valence-electron chi connectivity index (χ0n) is 18.4. The first-order valence-corrected chi connectivity index (χ1v) is 10.2. The molecule has 0 unspecified atom stereocenters. The number of anilines is 4. The largest absolute Gasteiger partial charge is 0.502 e. The lowest BCUT2D eigenvalue weighted by Crippen LogP contribution is -2.09. The minimum absolute atomic E-state index is 0.0825. The summed E-state index contributed by atoms with van der Waals surface area (Å²) in [4.78, 5) is 23.2. The molecule has 178 valence electrons. The quantitative estimate of drug-likeness (QED) is 0.148. The summed E-state index contributed by atoms with van der Waals surface area (Å²) < 4.78 is 10.5. The molecule has 0 aliphatic heterocycles. The monoisotopic (exact) mass is 476 g/mol. The van der Waals surface area contributed by atoms with Crippen molar-refractivity contribution < 1.29 is 19.2 Å². The van der Waals surface area contributed by atoms with E-state index in [1.165, 1.54) is 24.4 Å². The van der Waals surface area contributed by atoms with Gasteiger partial charge in [-0.1, -0.05) is 6.07 Å². The van der Waals surface area contributed by atoms with E-state index in [0.29, 0.717) is 23.7 Å². The second kappa shape index (κ2) is 10.6. The van der Waals surface area contributed by atoms with E-state index in [2.05, 4.69) is 36.1 Å². The third kappa shape index (κ3) is 5.98. The van der Waals surface area contributed by atoms with Gasteiger partial charge in [-0.15, -0.1) is 0 Å². The zero-order valence-corrected chi connectivity index (χ0v) is 18.4. The van der Waals surface area contributed by atoms with E-state index in [-0.39, 0.29) is 23.4 Å². The van der Waals surface area contributed by atoms with E-state index >= 15 is 0 Å². The SMILES string of the molecule is COc1ccc(Nc2nc(NCc3ccco3)nc(NN=Cc3cccc([N+](=O)[O-])c3O)n2)cc1. The number of nitrogens with zero attached hydrogens (tertiary/aromatic N) is 5. The van der Waals surface area contributed by atoms with Gasteiger partial charge in [0.25, 0.3) is 0 Å². The van der Waals surface area contributed by atoms with Crippen molar-refractivity contribution in [2.45, 2.75) is 6.54 Å². The van der Waals surface area contributed by atoms with E-state index in [0.717, 1.165) is 0 Å². The predicted molar refractivity (Wildman–Crippen MR) is 128 cm³/mol. The lowest BCUT2D eigenvalue weighted by molar-refractivity contribution is -0.385. The first-order valence-electron chi connectivity index (χ1n) is 10.2. The lowest BCUT2D eigenvalue weighted by atomic mass is 10.2. The van der Waals surface area contributed by atoms with Crippen LogP contribution in [0.25, 0.3) is 0 Å². The fourth-order valence-electron chi connectivity index (χ4n) is 2.90. The number of phenolic OH excluding ortho intramolecular Hbond substituents is 1. The summed E-state index contributed by atoms with van der Waals surface area (Å²) in [6, 6.07) is 14.9. The van der Waals surface area contributed by atoms with Gasteiger partial charge in [-0.3, -0.25) is 10.1 Å². The molecule has 13 nitrogen and oxygen atoms in total. The Kier molecular flexibility index (Phi) is 6.97. The number of benzene rings is 2. The van der Waals surface area contributed by atoms with Gasteiger partial charge >= 0.3 is 5.69 Å². The number of ether oxygens (including phenoxy) is 1. The molecular formula is C22H20N8O5. The minimum atomic E-state index is -0.680. The summed E-state index contributed by atoms with van der Waals surface area (Å²) in [5, 5.41) is 31.2. The van der Waals surface area contributed by atoms with Crippen LogP contribution in [0.2, 0.25) is 0 Å². The van der Waals surface area contributed by atoms with E-state index in [1.54, 1.807) is 49.8 Å². The lowest BCUT2D eigenvalue weighted by Gasteiger charge is -2.10. The first-order chi connectivity index (χ1) is 17.0. The van der Waals surface area contributed by atoms with E-state index < -0.39 is 16.4 Å². The molecule has 0 saturated carbocycles. The van der Waals surface area contributed by atoms with Crippen LogP contribution in [0, 0.1) is 10.1 Å². The van der Waals surface area contributed by atoms with Gasteiger partial charge in [-0.05, 0) is 42.5 Å². The Bertz CT molecular complexity index is 1330. The number of hydrazone groups is 1. The molecule has 0 atom stereocenters. The summed E-state index contributed by atoms with van der Waals surface area (Å²) >= 11 is 0. The zero-order chi connectivity index (χ0) is 24.6. The van der Waals surface area contributed by atoms with Crippen LogP contribution in [0.1, 0.15) is 11.3 Å². The van der Waals surface area contributed by atoms with Crippen LogP contribution in [0.3, 0.4) is 0 Å². The Balaban J connectivity index is 1.55. The number of furan rings is 1. The molecule has 13 heteroatoms. The molecule has 0 fully saturated rings. The highest BCUT2D eigenvalue weighted by Crippen LogP contribution is 2.28. The van der Waals surface area contributed by atoms with Crippen LogP contribution >= 0.6 is 0 Å². The Morgan fingerprint density at radius 1 is 1.09 bits per heavy atom. The van der Waals surface area contributed by atoms with Crippen molar-refractivity contribution in [3.05, 3.63) is 82.3 Å². The maximum absolute atomic E-state index is 11.0. The summed E-state index contributed by atoms with van der Waals surface area (Å²) in [7, 11) is 1.58. The van der Waals surface area contributed by atoms with Gasteiger partial charge in [0.15, 0.2) is 0 Å². The molecule has 4 N–H and O–H groups in total. The van der Waals surface area contributed by atoms with Crippen molar-refractivity contribution in [3.63, 3.8) is 0 Å². The van der Waals surface area contributed by atoms with Crippen molar-refractivity contribution >= 4 is 35.4 Å². The number of phenols is 1. The number of nitro groups is 1. The van der Waals surface area contributed by atoms with Crippen molar-refractivity contribution in [2.75, 3.05) is 23.2 Å². The highest BCUT2D eigenvalue weighted by atomic mass is 16.6. The number of rotatable bonds is 10. The maximum atomic E-state index is 11.0. The molecule has 0 saturated heterocycles. The molecule has 4 rings (SSSR count). The Morgan fingerprint density at radius 2 is 1.86 bits per heavy atom. The molecule has 0 spiro atoms. The van der Waals surface area contributed by atoms with Gasteiger partial charge in [0.2, 0.25) is 23.6 Å². The number of aromatic hydroxyl groups is 1. The minimum Gasteiger partial charge on any atom is -0.502 e. The van der Waals surface area contributed by atoms with Crippen molar-refractivity contribution in [1.82, 2.24) is 15.0 Å². The highest BCUT2D eigenvalue weighted by molar-refractivity contribution is 5.85. The highest BCUT2D eigenvalue weighted by Gasteiger charge is 2.15. The van der Waals surface area contributed by atoms with Gasteiger partial charge in [0.1, 0.15) is 11.5 Å². The molecule has 0 aliphatic carbocycles. The third-order valence-corrected chi connectivity index (χ3v) is 4.59. The molecule has 2 heterocycles. The van der Waals surface area contributed by atoms with Gasteiger partial charge in [-0.2, -0.15) is 20.1 Å². The number of nitro benzene ring substituents is 1. The summed E-state index contributed by atoms with van der Waals surface area (Å²) in [5.74, 6) is 1.43. The van der Waals surface area contributed by atoms with Gasteiger partial charge in [0, 0.05) is 17.3 Å². The van der Waals surface area contributed by atoms with E-state index in [1.807, 2.05) is 0 Å². The fourth-order valence-corrected chi connectivity index (χ4v) is 2.90. The van der Waals surface area contributed by atoms with Gasteiger partial charge in [-0.25, -0.2) is 5.43 Å². The topological polar surface area (TPSA) is 173 Å². The summed E-state index contributed by atoms with van der Waals surface area (Å²) in [6.45, 7) is 0.337. The number of hydrogen-bond acceptors (Lipinski definition) is 12. The smallest absolute Gasteiger partial charge is 0.311 e. The average Bonchev–Trinajstić information content (AvgIpc) is 3.38. The standard InChI is InChI=1S/C22H20N8O5/c1-34-16-9-7-15(8-10-16)25-21-26-20(23-13-17-5-3-11-35-17)27-22(28-21)29-24-12-14-4-2-6-18(19(14)31)30(32)33/h2-12,31H,13H2,1H3,(H3,23,25,26,27,28,29). The second-order valence-corrected chi connectivity index (χ2v) is 6.93. The van der Waals surface area contributed by atoms with Crippen LogP contribution in [0.15, 0.2) is 70.4 Å². The molecule has 35 heavy (non-hydrogen) atoms. The predicted octanol–water partition coefficient (Wildman–Crippen LogP) is 3.89. The summed E-state index contributed by atoms with van der Waals surface area (Å²) in [5.41, 5.74) is 3.08. The summed E-state index contributed by atoms with van der Waals surface area (Å²) in [6.07, 6.45) is 2.78. The molecular weight excluding hydrogens is 456 g/mol. The number of hydrogen-bond donors (Lipinski definition) is 4. The van der Waals surface area contributed by atoms with Crippen LogP contribution in [0.5, 0.6) is 11.5 Å². The molecule has 4 aromatic rings. The average molecular weight is 476 g/mol. The number of para-hydroxylation sites is 1. The molecule has 0 amide bonds. The molecule has 2 aromatic heterocycles. The normalized spacial score (nSPS) is 10.8. The molecule has 2 aromatic carbocycles. The van der Waals surface area contributed by atoms with E-state index in [4.69, 9.17) is 9.15 Å². The number of methoxy groups -OCH3 is 1. The Hall–Kier alpha value is -5.20.